The molecule has 104 valence electrons. The molecule has 1 N–H and O–H groups in total. The van der Waals surface area contributed by atoms with Gasteiger partial charge in [-0.3, -0.25) is 14.9 Å². The number of thiophene rings is 1. The Balaban J connectivity index is 1.77. The van der Waals surface area contributed by atoms with Gasteiger partial charge in [-0.1, -0.05) is 11.3 Å². The highest BCUT2D eigenvalue weighted by atomic mass is 32.1. The van der Waals surface area contributed by atoms with E-state index in [-0.39, 0.29) is 15.8 Å². The predicted molar refractivity (Wildman–Crippen MR) is 73.1 cm³/mol. The zero-order valence-corrected chi connectivity index (χ0v) is 11.6. The third kappa shape index (κ3) is 3.74. The Labute approximate surface area is 115 Å². The molecule has 1 aliphatic rings. The van der Waals surface area contributed by atoms with E-state index < -0.39 is 0 Å². The molecule has 6 nitrogen and oxygen atoms in total. The average Bonchev–Trinajstić information content (AvgIpc) is 2.86. The van der Waals surface area contributed by atoms with Gasteiger partial charge in [0.05, 0.1) is 4.92 Å². The first-order valence-corrected chi connectivity index (χ1v) is 7.10. The van der Waals surface area contributed by atoms with E-state index in [0.717, 1.165) is 30.8 Å². The SMILES string of the molecule is CC(=O)N1CCC(NCc2ccc([N+](=O)[O-])s2)CC1. The molecule has 0 aliphatic carbocycles. The number of nitrogens with zero attached hydrogens (tertiary/aromatic N) is 2. The van der Waals surface area contributed by atoms with Gasteiger partial charge >= 0.3 is 5.00 Å². The second-order valence-corrected chi connectivity index (χ2v) is 5.81. The maximum Gasteiger partial charge on any atom is 0.324 e. The minimum absolute atomic E-state index is 0.132. The van der Waals surface area contributed by atoms with Crippen LogP contribution in [0.1, 0.15) is 24.6 Å². The first-order valence-electron chi connectivity index (χ1n) is 6.28. The third-order valence-electron chi connectivity index (χ3n) is 3.33. The predicted octanol–water partition coefficient (Wildman–Crippen LogP) is 1.76. The summed E-state index contributed by atoms with van der Waals surface area (Å²) in [6.45, 7) is 3.83. The first-order chi connectivity index (χ1) is 9.06. The van der Waals surface area contributed by atoms with Crippen molar-refractivity contribution in [2.45, 2.75) is 32.4 Å². The number of nitro groups is 1. The van der Waals surface area contributed by atoms with Crippen molar-refractivity contribution >= 4 is 22.2 Å². The summed E-state index contributed by atoms with van der Waals surface area (Å²) in [7, 11) is 0. The molecule has 1 saturated heterocycles. The molecule has 0 saturated carbocycles. The van der Waals surface area contributed by atoms with Crippen molar-refractivity contribution in [3.8, 4) is 0 Å². The van der Waals surface area contributed by atoms with Crippen LogP contribution in [0.4, 0.5) is 5.00 Å². The fourth-order valence-electron chi connectivity index (χ4n) is 2.20. The number of piperidine rings is 1. The van der Waals surface area contributed by atoms with Crippen molar-refractivity contribution in [3.05, 3.63) is 27.1 Å². The molecule has 0 bridgehead atoms. The number of carbonyl (C=O) groups is 1. The van der Waals surface area contributed by atoms with E-state index >= 15 is 0 Å². The summed E-state index contributed by atoms with van der Waals surface area (Å²) in [4.78, 5) is 24.2. The Bertz CT molecular complexity index is 467. The van der Waals surface area contributed by atoms with Gasteiger partial charge in [0.15, 0.2) is 0 Å². The largest absolute Gasteiger partial charge is 0.343 e. The fraction of sp³-hybridized carbons (Fsp3) is 0.583. The Kier molecular flexibility index (Phi) is 4.49. The molecule has 1 aliphatic heterocycles. The second kappa shape index (κ2) is 6.12. The minimum atomic E-state index is -0.362. The summed E-state index contributed by atoms with van der Waals surface area (Å²) in [6, 6.07) is 3.72. The van der Waals surface area contributed by atoms with Crippen LogP contribution >= 0.6 is 11.3 Å². The Morgan fingerprint density at radius 2 is 2.21 bits per heavy atom. The van der Waals surface area contributed by atoms with Gasteiger partial charge in [-0.25, -0.2) is 0 Å². The van der Waals surface area contributed by atoms with Gasteiger partial charge in [0.2, 0.25) is 5.91 Å². The van der Waals surface area contributed by atoms with Gasteiger partial charge in [0.25, 0.3) is 0 Å². The van der Waals surface area contributed by atoms with E-state index in [1.54, 1.807) is 19.1 Å². The summed E-state index contributed by atoms with van der Waals surface area (Å²) in [5.41, 5.74) is 0. The lowest BCUT2D eigenvalue weighted by atomic mass is 10.1. The zero-order valence-electron chi connectivity index (χ0n) is 10.8. The minimum Gasteiger partial charge on any atom is -0.343 e. The van der Waals surface area contributed by atoms with Gasteiger partial charge < -0.3 is 10.2 Å². The normalized spacial score (nSPS) is 16.6. The second-order valence-electron chi connectivity index (χ2n) is 4.66. The summed E-state index contributed by atoms with van der Waals surface area (Å²) in [5, 5.41) is 14.2. The number of amides is 1. The van der Waals surface area contributed by atoms with E-state index in [1.807, 2.05) is 4.90 Å². The maximum absolute atomic E-state index is 11.2. The molecule has 1 fully saturated rings. The van der Waals surface area contributed by atoms with E-state index in [9.17, 15) is 14.9 Å². The molecular formula is C12H17N3O3S. The van der Waals surface area contributed by atoms with Crippen LogP contribution in [0.5, 0.6) is 0 Å². The number of carbonyl (C=O) groups excluding carboxylic acids is 1. The van der Waals surface area contributed by atoms with Crippen molar-refractivity contribution < 1.29 is 9.72 Å². The van der Waals surface area contributed by atoms with Crippen molar-refractivity contribution in [1.82, 2.24) is 10.2 Å². The molecule has 0 atom stereocenters. The van der Waals surface area contributed by atoms with E-state index in [4.69, 9.17) is 0 Å². The lowest BCUT2D eigenvalue weighted by Gasteiger charge is -2.31. The van der Waals surface area contributed by atoms with Crippen molar-refractivity contribution in [2.24, 2.45) is 0 Å². The molecule has 1 amide bonds. The van der Waals surface area contributed by atoms with Crippen molar-refractivity contribution in [2.75, 3.05) is 13.1 Å². The summed E-state index contributed by atoms with van der Waals surface area (Å²) in [5.74, 6) is 0.132. The van der Waals surface area contributed by atoms with Gasteiger partial charge in [0.1, 0.15) is 0 Å². The molecule has 1 aromatic heterocycles. The van der Waals surface area contributed by atoms with Crippen LogP contribution in [0.3, 0.4) is 0 Å². The van der Waals surface area contributed by atoms with Gasteiger partial charge in [-0.2, -0.15) is 0 Å². The van der Waals surface area contributed by atoms with Crippen LogP contribution in [-0.2, 0) is 11.3 Å². The lowest BCUT2D eigenvalue weighted by Crippen LogP contribution is -2.43. The number of nitrogens with one attached hydrogen (secondary N) is 1. The van der Waals surface area contributed by atoms with Gasteiger partial charge in [0, 0.05) is 43.5 Å². The molecule has 0 spiro atoms. The van der Waals surface area contributed by atoms with E-state index in [2.05, 4.69) is 5.32 Å². The van der Waals surface area contributed by atoms with Gasteiger partial charge in [-0.15, -0.1) is 0 Å². The van der Waals surface area contributed by atoms with Crippen LogP contribution in [-0.4, -0.2) is 34.9 Å². The van der Waals surface area contributed by atoms with Crippen LogP contribution < -0.4 is 5.32 Å². The summed E-state index contributed by atoms with van der Waals surface area (Å²) in [6.07, 6.45) is 1.88. The standard InChI is InChI=1S/C12H17N3O3S/c1-9(16)14-6-4-10(5-7-14)13-8-11-2-3-12(19-11)15(17)18/h2-3,10,13H,4-8H2,1H3. The van der Waals surface area contributed by atoms with Crippen LogP contribution in [0, 0.1) is 10.1 Å². The molecular weight excluding hydrogens is 266 g/mol. The van der Waals surface area contributed by atoms with Crippen molar-refractivity contribution in [1.29, 1.82) is 0 Å². The highest BCUT2D eigenvalue weighted by molar-refractivity contribution is 7.15. The van der Waals surface area contributed by atoms with Crippen molar-refractivity contribution in [3.63, 3.8) is 0 Å². The quantitative estimate of drug-likeness (QED) is 0.675. The Morgan fingerprint density at radius 1 is 1.53 bits per heavy atom. The molecule has 2 rings (SSSR count). The summed E-state index contributed by atoms with van der Waals surface area (Å²) < 4.78 is 0. The Hall–Kier alpha value is -1.47. The molecule has 0 aromatic carbocycles. The van der Waals surface area contributed by atoms with Crippen LogP contribution in [0.15, 0.2) is 12.1 Å². The highest BCUT2D eigenvalue weighted by Gasteiger charge is 2.20. The highest BCUT2D eigenvalue weighted by Crippen LogP contribution is 2.24. The number of hydrogen-bond donors (Lipinski definition) is 1. The molecule has 19 heavy (non-hydrogen) atoms. The fourth-order valence-corrected chi connectivity index (χ4v) is 2.97. The molecule has 2 heterocycles. The maximum atomic E-state index is 11.2. The Morgan fingerprint density at radius 3 is 2.74 bits per heavy atom. The number of likely N-dealkylation sites (tertiary alicyclic amines) is 1. The molecule has 7 heteroatoms. The first kappa shape index (κ1) is 14.0. The number of hydrogen-bond acceptors (Lipinski definition) is 5. The smallest absolute Gasteiger partial charge is 0.324 e. The third-order valence-corrected chi connectivity index (χ3v) is 4.37. The average molecular weight is 283 g/mol. The molecule has 0 radical (unpaired) electrons. The molecule has 1 aromatic rings. The monoisotopic (exact) mass is 283 g/mol. The number of rotatable bonds is 4. The van der Waals surface area contributed by atoms with E-state index in [0.29, 0.717) is 12.6 Å². The zero-order chi connectivity index (χ0) is 13.8. The summed E-state index contributed by atoms with van der Waals surface area (Å²) >= 11 is 1.21. The lowest BCUT2D eigenvalue weighted by molar-refractivity contribution is -0.380. The van der Waals surface area contributed by atoms with Crippen LogP contribution in [0.25, 0.3) is 0 Å². The van der Waals surface area contributed by atoms with Crippen LogP contribution in [0.2, 0.25) is 0 Å². The van der Waals surface area contributed by atoms with Gasteiger partial charge in [-0.05, 0) is 18.9 Å². The van der Waals surface area contributed by atoms with E-state index in [1.165, 1.54) is 11.3 Å². The molecule has 0 unspecified atom stereocenters. The topological polar surface area (TPSA) is 75.5 Å².